The molecule has 1 N–H and O–H groups in total. The number of rotatable bonds is 18. The summed E-state index contributed by atoms with van der Waals surface area (Å²) in [6.45, 7) is 10.8. The van der Waals surface area contributed by atoms with E-state index >= 15 is 0 Å². The van der Waals surface area contributed by atoms with Gasteiger partial charge >= 0.3 is 0 Å². The Morgan fingerprint density at radius 1 is 0.636 bits per heavy atom. The average molecular weight is 310 g/mol. The maximum atomic E-state index is 3.96. The normalized spacial score (nSPS) is 11.0. The summed E-state index contributed by atoms with van der Waals surface area (Å²) in [7, 11) is 0. The number of hydrogen-bond donors (Lipinski definition) is 1. The largest absolute Gasteiger partial charge is 0.317 e. The summed E-state index contributed by atoms with van der Waals surface area (Å²) < 4.78 is 0. The highest BCUT2D eigenvalue weighted by Crippen LogP contribution is 2.11. The summed E-state index contributed by atoms with van der Waals surface area (Å²) in [6.07, 6.45) is 20.9. The molecule has 1 heteroatoms. The Kier molecular flexibility index (Phi) is 18.5. The summed E-state index contributed by atoms with van der Waals surface area (Å²) in [5, 5.41) is 3.60. The Morgan fingerprint density at radius 3 is 1.50 bits per heavy atom. The molecule has 0 spiro atoms. The molecular formula is C21H43N. The third-order valence-corrected chi connectivity index (χ3v) is 4.41. The van der Waals surface area contributed by atoms with Gasteiger partial charge in [-0.25, -0.2) is 0 Å². The first-order valence-electron chi connectivity index (χ1n) is 10.1. The van der Waals surface area contributed by atoms with E-state index in [0.717, 1.165) is 0 Å². The van der Waals surface area contributed by atoms with Gasteiger partial charge < -0.3 is 5.32 Å². The van der Waals surface area contributed by atoms with Gasteiger partial charge in [-0.1, -0.05) is 83.1 Å². The summed E-state index contributed by atoms with van der Waals surface area (Å²) in [5.74, 6) is 0. The van der Waals surface area contributed by atoms with Crippen LogP contribution in [0.4, 0.5) is 0 Å². The maximum absolute atomic E-state index is 3.96. The molecule has 132 valence electrons. The molecule has 22 heavy (non-hydrogen) atoms. The molecule has 0 radical (unpaired) electrons. The van der Waals surface area contributed by atoms with Gasteiger partial charge in [-0.2, -0.15) is 0 Å². The number of unbranched alkanes of at least 4 members (excludes halogenated alkanes) is 12. The molecule has 0 aromatic heterocycles. The van der Waals surface area contributed by atoms with Gasteiger partial charge in [-0.15, -0.1) is 6.58 Å². The van der Waals surface area contributed by atoms with E-state index in [4.69, 9.17) is 0 Å². The lowest BCUT2D eigenvalue weighted by Crippen LogP contribution is -2.16. The fourth-order valence-electron chi connectivity index (χ4n) is 2.89. The molecule has 0 amide bonds. The number of allylic oxidation sites excluding steroid dienone is 1. The second-order valence-electron chi connectivity index (χ2n) is 7.05. The molecule has 1 nitrogen and oxygen atoms in total. The van der Waals surface area contributed by atoms with E-state index in [9.17, 15) is 0 Å². The molecule has 0 bridgehead atoms. The van der Waals surface area contributed by atoms with Gasteiger partial charge in [-0.3, -0.25) is 0 Å². The maximum Gasteiger partial charge on any atom is -0.00489 e. The Morgan fingerprint density at radius 2 is 1.05 bits per heavy atom. The van der Waals surface area contributed by atoms with Crippen LogP contribution in [0, 0.1) is 0 Å². The summed E-state index contributed by atoms with van der Waals surface area (Å²) in [4.78, 5) is 0. The molecule has 0 heterocycles. The molecule has 0 aliphatic rings. The van der Waals surface area contributed by atoms with Crippen LogP contribution in [0.5, 0.6) is 0 Å². The molecular weight excluding hydrogens is 266 g/mol. The molecule has 0 unspecified atom stereocenters. The van der Waals surface area contributed by atoms with Crippen LogP contribution in [0.3, 0.4) is 0 Å². The highest BCUT2D eigenvalue weighted by Gasteiger charge is 1.94. The molecule has 0 saturated carbocycles. The van der Waals surface area contributed by atoms with Gasteiger partial charge in [0.05, 0.1) is 0 Å². The van der Waals surface area contributed by atoms with Crippen molar-refractivity contribution in [2.75, 3.05) is 13.1 Å². The Balaban J connectivity index is 2.95. The molecule has 0 aliphatic carbocycles. The summed E-state index contributed by atoms with van der Waals surface area (Å²) in [6, 6.07) is 0. The van der Waals surface area contributed by atoms with Crippen molar-refractivity contribution in [3.05, 3.63) is 12.2 Å². The van der Waals surface area contributed by atoms with E-state index in [1.165, 1.54) is 115 Å². The van der Waals surface area contributed by atoms with Crippen molar-refractivity contribution >= 4 is 0 Å². The first-order chi connectivity index (χ1) is 10.8. The molecule has 0 aromatic rings. The predicted molar refractivity (Wildman–Crippen MR) is 103 cm³/mol. The first-order valence-corrected chi connectivity index (χ1v) is 10.1. The van der Waals surface area contributed by atoms with Gasteiger partial charge in [0, 0.05) is 0 Å². The molecule has 0 rings (SSSR count). The Hall–Kier alpha value is -0.300. The zero-order valence-electron chi connectivity index (χ0n) is 15.7. The monoisotopic (exact) mass is 309 g/mol. The van der Waals surface area contributed by atoms with Gasteiger partial charge in [0.25, 0.3) is 0 Å². The molecule has 0 atom stereocenters. The lowest BCUT2D eigenvalue weighted by Gasteiger charge is -2.05. The van der Waals surface area contributed by atoms with E-state index in [2.05, 4.69) is 25.7 Å². The fourth-order valence-corrected chi connectivity index (χ4v) is 2.89. The van der Waals surface area contributed by atoms with E-state index < -0.39 is 0 Å². The molecule has 0 saturated heterocycles. The van der Waals surface area contributed by atoms with Crippen molar-refractivity contribution in [3.63, 3.8) is 0 Å². The second kappa shape index (κ2) is 18.7. The van der Waals surface area contributed by atoms with Gasteiger partial charge in [0.2, 0.25) is 0 Å². The topological polar surface area (TPSA) is 12.0 Å². The summed E-state index contributed by atoms with van der Waals surface area (Å²) >= 11 is 0. The van der Waals surface area contributed by atoms with Crippen LogP contribution in [-0.4, -0.2) is 13.1 Å². The minimum absolute atomic E-state index is 1.22. The first kappa shape index (κ1) is 21.7. The zero-order chi connectivity index (χ0) is 16.3. The van der Waals surface area contributed by atoms with Crippen LogP contribution < -0.4 is 5.32 Å². The van der Waals surface area contributed by atoms with Crippen molar-refractivity contribution in [2.45, 2.75) is 110 Å². The predicted octanol–water partition coefficient (Wildman–Crippen LogP) is 7.02. The van der Waals surface area contributed by atoms with Crippen molar-refractivity contribution in [2.24, 2.45) is 0 Å². The molecule has 0 aliphatic heterocycles. The average Bonchev–Trinajstić information content (AvgIpc) is 2.50. The fraction of sp³-hybridized carbons (Fsp3) is 0.905. The third-order valence-electron chi connectivity index (χ3n) is 4.41. The minimum atomic E-state index is 1.22. The molecule has 0 aromatic carbocycles. The third kappa shape index (κ3) is 19.7. The van der Waals surface area contributed by atoms with Gasteiger partial charge in [0.1, 0.15) is 0 Å². The van der Waals surface area contributed by atoms with Crippen LogP contribution in [-0.2, 0) is 0 Å². The second-order valence-corrected chi connectivity index (χ2v) is 7.05. The zero-order valence-corrected chi connectivity index (χ0v) is 15.7. The van der Waals surface area contributed by atoms with Crippen molar-refractivity contribution in [3.8, 4) is 0 Å². The van der Waals surface area contributed by atoms with Crippen molar-refractivity contribution in [1.29, 1.82) is 0 Å². The quantitative estimate of drug-likeness (QED) is 0.212. The van der Waals surface area contributed by atoms with Crippen LogP contribution in [0.2, 0.25) is 0 Å². The SMILES string of the molecule is C=C(C)CCCCCCCCCNCCCCCCCCC. The smallest absolute Gasteiger partial charge is 0.00489 e. The van der Waals surface area contributed by atoms with E-state index in [-0.39, 0.29) is 0 Å². The summed E-state index contributed by atoms with van der Waals surface area (Å²) in [5.41, 5.74) is 1.34. The number of hydrogen-bond acceptors (Lipinski definition) is 1. The Labute approximate surface area is 141 Å². The van der Waals surface area contributed by atoms with E-state index in [1.807, 2.05) is 0 Å². The Bertz CT molecular complexity index is 222. The number of nitrogens with one attached hydrogen (secondary N) is 1. The minimum Gasteiger partial charge on any atom is -0.317 e. The van der Waals surface area contributed by atoms with Crippen molar-refractivity contribution < 1.29 is 0 Å². The highest BCUT2D eigenvalue weighted by atomic mass is 14.8. The van der Waals surface area contributed by atoms with E-state index in [0.29, 0.717) is 0 Å². The van der Waals surface area contributed by atoms with Crippen LogP contribution in [0.25, 0.3) is 0 Å². The van der Waals surface area contributed by atoms with Crippen LogP contribution in [0.1, 0.15) is 110 Å². The van der Waals surface area contributed by atoms with Crippen LogP contribution in [0.15, 0.2) is 12.2 Å². The lowest BCUT2D eigenvalue weighted by molar-refractivity contribution is 0.535. The van der Waals surface area contributed by atoms with Gasteiger partial charge in [0.15, 0.2) is 0 Å². The van der Waals surface area contributed by atoms with Gasteiger partial charge in [-0.05, 0) is 45.7 Å². The van der Waals surface area contributed by atoms with Crippen LogP contribution >= 0.6 is 0 Å². The highest BCUT2D eigenvalue weighted by molar-refractivity contribution is 4.86. The van der Waals surface area contributed by atoms with Crippen molar-refractivity contribution in [1.82, 2.24) is 5.32 Å². The molecule has 0 fully saturated rings. The van der Waals surface area contributed by atoms with E-state index in [1.54, 1.807) is 0 Å². The lowest BCUT2D eigenvalue weighted by atomic mass is 10.1. The standard InChI is InChI=1S/C21H43N/c1-4-5-6-7-10-13-16-19-22-20-17-14-11-8-9-12-15-18-21(2)3/h22H,2,4-20H2,1,3H3.